The summed E-state index contributed by atoms with van der Waals surface area (Å²) in [5, 5.41) is 4.47. The Bertz CT molecular complexity index is 725. The van der Waals surface area contributed by atoms with Crippen molar-refractivity contribution in [2.75, 3.05) is 20.3 Å². The first-order valence-corrected chi connectivity index (χ1v) is 8.39. The molecule has 126 valence electrons. The van der Waals surface area contributed by atoms with Crippen molar-refractivity contribution in [1.29, 1.82) is 0 Å². The number of hydrogen-bond donors (Lipinski definition) is 0. The zero-order chi connectivity index (χ0) is 16.5. The van der Waals surface area contributed by atoms with Crippen molar-refractivity contribution < 1.29 is 14.3 Å². The minimum Gasteiger partial charge on any atom is -0.497 e. The van der Waals surface area contributed by atoms with Gasteiger partial charge in [-0.3, -0.25) is 4.79 Å². The molecule has 1 saturated heterocycles. The van der Waals surface area contributed by atoms with Crippen LogP contribution in [-0.4, -0.2) is 53.0 Å². The van der Waals surface area contributed by atoms with Gasteiger partial charge in [-0.25, -0.2) is 4.68 Å². The van der Waals surface area contributed by atoms with Gasteiger partial charge in [0.25, 0.3) is 5.91 Å². The van der Waals surface area contributed by atoms with Gasteiger partial charge in [0, 0.05) is 12.7 Å². The zero-order valence-corrected chi connectivity index (χ0v) is 13.7. The highest BCUT2D eigenvalue weighted by Gasteiger charge is 2.39. The number of carbonyl (C=O) groups excluding carboxylic acids is 1. The first-order valence-electron chi connectivity index (χ1n) is 8.39. The molecule has 0 bridgehead atoms. The average Bonchev–Trinajstić information content (AvgIpc) is 3.30. The second-order valence-corrected chi connectivity index (χ2v) is 6.25. The molecule has 2 aromatic rings. The maximum absolute atomic E-state index is 12.9. The monoisotopic (exact) mass is 327 g/mol. The second-order valence-electron chi connectivity index (χ2n) is 6.25. The van der Waals surface area contributed by atoms with Crippen LogP contribution in [0.1, 0.15) is 29.8 Å². The maximum atomic E-state index is 12.9. The van der Waals surface area contributed by atoms with E-state index in [-0.39, 0.29) is 18.1 Å². The first-order chi connectivity index (χ1) is 11.8. The zero-order valence-electron chi connectivity index (χ0n) is 13.7. The van der Waals surface area contributed by atoms with Crippen LogP contribution in [-0.2, 0) is 4.74 Å². The van der Waals surface area contributed by atoms with E-state index in [1.807, 2.05) is 35.4 Å². The topological polar surface area (TPSA) is 56.6 Å². The molecule has 1 amide bonds. The molecule has 0 radical (unpaired) electrons. The fourth-order valence-corrected chi connectivity index (χ4v) is 3.64. The summed E-state index contributed by atoms with van der Waals surface area (Å²) in [6, 6.07) is 9.58. The number of fused-ring (bicyclic) bond motifs is 1. The lowest BCUT2D eigenvalue weighted by Crippen LogP contribution is -2.51. The smallest absolute Gasteiger partial charge is 0.274 e. The van der Waals surface area contributed by atoms with E-state index < -0.39 is 0 Å². The standard InChI is InChI=1S/C18H21N3O3/c1-23-14-7-5-13(6-8-14)21-10-9-15(19-21)18(22)20-11-12-24-17-4-2-3-16(17)20/h5-10,16-17H,2-4,11-12H2,1H3/t16-,17+/m1/s1. The Morgan fingerprint density at radius 2 is 2.08 bits per heavy atom. The summed E-state index contributed by atoms with van der Waals surface area (Å²) in [6.45, 7) is 1.27. The summed E-state index contributed by atoms with van der Waals surface area (Å²) < 4.78 is 12.7. The van der Waals surface area contributed by atoms with E-state index in [0.29, 0.717) is 18.8 Å². The average molecular weight is 327 g/mol. The number of benzene rings is 1. The molecule has 0 spiro atoms. The van der Waals surface area contributed by atoms with Crippen LogP contribution >= 0.6 is 0 Å². The molecule has 4 rings (SSSR count). The quantitative estimate of drug-likeness (QED) is 0.868. The van der Waals surface area contributed by atoms with E-state index in [2.05, 4.69) is 5.10 Å². The van der Waals surface area contributed by atoms with Crippen molar-refractivity contribution in [3.8, 4) is 11.4 Å². The van der Waals surface area contributed by atoms with Crippen LogP contribution in [0.15, 0.2) is 36.5 Å². The summed E-state index contributed by atoms with van der Waals surface area (Å²) in [7, 11) is 1.64. The number of methoxy groups -OCH3 is 1. The molecule has 2 aliphatic rings. The van der Waals surface area contributed by atoms with Crippen molar-refractivity contribution in [1.82, 2.24) is 14.7 Å². The van der Waals surface area contributed by atoms with Crippen LogP contribution in [0.4, 0.5) is 0 Å². The molecule has 1 saturated carbocycles. The van der Waals surface area contributed by atoms with E-state index in [1.165, 1.54) is 0 Å². The number of morpholine rings is 1. The van der Waals surface area contributed by atoms with Gasteiger partial charge in [0.05, 0.1) is 31.5 Å². The Kier molecular flexibility index (Phi) is 3.98. The van der Waals surface area contributed by atoms with Gasteiger partial charge < -0.3 is 14.4 Å². The fraction of sp³-hybridized carbons (Fsp3) is 0.444. The molecule has 2 fully saturated rings. The Morgan fingerprint density at radius 1 is 1.25 bits per heavy atom. The molecule has 24 heavy (non-hydrogen) atoms. The highest BCUT2D eigenvalue weighted by molar-refractivity contribution is 5.92. The lowest BCUT2D eigenvalue weighted by Gasteiger charge is -2.37. The Balaban J connectivity index is 1.54. The van der Waals surface area contributed by atoms with Crippen molar-refractivity contribution in [3.05, 3.63) is 42.2 Å². The molecule has 1 aromatic heterocycles. The van der Waals surface area contributed by atoms with E-state index in [1.54, 1.807) is 17.9 Å². The van der Waals surface area contributed by atoms with Gasteiger partial charge in [-0.1, -0.05) is 0 Å². The summed E-state index contributed by atoms with van der Waals surface area (Å²) in [5.41, 5.74) is 1.38. The van der Waals surface area contributed by atoms with Gasteiger partial charge in [-0.2, -0.15) is 5.10 Å². The molecule has 1 aliphatic carbocycles. The number of carbonyl (C=O) groups is 1. The molecule has 2 heterocycles. The van der Waals surface area contributed by atoms with E-state index in [9.17, 15) is 4.79 Å². The molecule has 0 N–H and O–H groups in total. The molecular weight excluding hydrogens is 306 g/mol. The van der Waals surface area contributed by atoms with Crippen molar-refractivity contribution >= 4 is 5.91 Å². The van der Waals surface area contributed by atoms with Crippen molar-refractivity contribution in [3.63, 3.8) is 0 Å². The molecule has 1 aromatic carbocycles. The lowest BCUT2D eigenvalue weighted by atomic mass is 10.1. The van der Waals surface area contributed by atoms with Crippen LogP contribution in [0.3, 0.4) is 0 Å². The summed E-state index contributed by atoms with van der Waals surface area (Å²) >= 11 is 0. The third-order valence-electron chi connectivity index (χ3n) is 4.89. The van der Waals surface area contributed by atoms with Gasteiger partial charge in [0.15, 0.2) is 5.69 Å². The minimum atomic E-state index is 0.00228. The SMILES string of the molecule is COc1ccc(-n2ccc(C(=O)N3CCO[C@H]4CCC[C@H]43)n2)cc1. The van der Waals surface area contributed by atoms with E-state index in [0.717, 1.165) is 30.7 Å². The number of nitrogens with zero attached hydrogens (tertiary/aromatic N) is 3. The summed E-state index contributed by atoms with van der Waals surface area (Å²) in [5.74, 6) is 0.797. The number of rotatable bonds is 3. The number of ether oxygens (including phenoxy) is 2. The third kappa shape index (κ3) is 2.67. The highest BCUT2D eigenvalue weighted by Crippen LogP contribution is 2.30. The first kappa shape index (κ1) is 15.2. The summed E-state index contributed by atoms with van der Waals surface area (Å²) in [4.78, 5) is 14.8. The Labute approximate surface area is 141 Å². The van der Waals surface area contributed by atoms with Crippen LogP contribution in [0.5, 0.6) is 5.75 Å². The molecular formula is C18H21N3O3. The van der Waals surface area contributed by atoms with Gasteiger partial charge >= 0.3 is 0 Å². The predicted octanol–water partition coefficient (Wildman–Crippen LogP) is 2.27. The third-order valence-corrected chi connectivity index (χ3v) is 4.89. The molecule has 1 aliphatic heterocycles. The van der Waals surface area contributed by atoms with Gasteiger partial charge in [0.2, 0.25) is 0 Å². The van der Waals surface area contributed by atoms with Gasteiger partial charge in [-0.05, 0) is 49.6 Å². The normalized spacial score (nSPS) is 23.1. The highest BCUT2D eigenvalue weighted by atomic mass is 16.5. The van der Waals surface area contributed by atoms with Gasteiger partial charge in [-0.15, -0.1) is 0 Å². The number of amides is 1. The maximum Gasteiger partial charge on any atom is 0.274 e. The lowest BCUT2D eigenvalue weighted by molar-refractivity contribution is -0.0447. The number of hydrogen-bond acceptors (Lipinski definition) is 4. The Hall–Kier alpha value is -2.34. The molecule has 0 unspecified atom stereocenters. The summed E-state index contributed by atoms with van der Waals surface area (Å²) in [6.07, 6.45) is 5.22. The van der Waals surface area contributed by atoms with E-state index >= 15 is 0 Å². The van der Waals surface area contributed by atoms with Crippen molar-refractivity contribution in [2.24, 2.45) is 0 Å². The van der Waals surface area contributed by atoms with Crippen LogP contribution in [0.25, 0.3) is 5.69 Å². The molecule has 2 atom stereocenters. The van der Waals surface area contributed by atoms with Crippen molar-refractivity contribution in [2.45, 2.75) is 31.4 Å². The predicted molar refractivity (Wildman–Crippen MR) is 88.5 cm³/mol. The van der Waals surface area contributed by atoms with E-state index in [4.69, 9.17) is 9.47 Å². The number of aromatic nitrogens is 2. The fourth-order valence-electron chi connectivity index (χ4n) is 3.64. The minimum absolute atomic E-state index is 0.00228. The van der Waals surface area contributed by atoms with Crippen LogP contribution in [0, 0.1) is 0 Å². The largest absolute Gasteiger partial charge is 0.497 e. The Morgan fingerprint density at radius 3 is 2.88 bits per heavy atom. The second kappa shape index (κ2) is 6.28. The molecule has 6 heteroatoms. The van der Waals surface area contributed by atoms with Gasteiger partial charge in [0.1, 0.15) is 5.75 Å². The molecule has 6 nitrogen and oxygen atoms in total. The van der Waals surface area contributed by atoms with Crippen LogP contribution in [0.2, 0.25) is 0 Å². The van der Waals surface area contributed by atoms with Crippen LogP contribution < -0.4 is 4.74 Å².